The van der Waals surface area contributed by atoms with Crippen molar-refractivity contribution in [1.29, 1.82) is 0 Å². The van der Waals surface area contributed by atoms with Gasteiger partial charge in [-0.1, -0.05) is 30.3 Å². The number of ether oxygens (including phenoxy) is 2. The quantitative estimate of drug-likeness (QED) is 0.353. The maximum Gasteiger partial charge on any atom is 0.357 e. The second-order valence-corrected chi connectivity index (χ2v) is 7.81. The Hall–Kier alpha value is -4.28. The number of rotatable bonds is 8. The third-order valence-electron chi connectivity index (χ3n) is 5.56. The second kappa shape index (κ2) is 11.2. The minimum Gasteiger partial charge on any atom is -0.466 e. The van der Waals surface area contributed by atoms with Gasteiger partial charge in [0.1, 0.15) is 5.76 Å². The van der Waals surface area contributed by atoms with E-state index in [4.69, 9.17) is 13.9 Å². The molecule has 2 aromatic heterocycles. The molecule has 4 rings (SSSR count). The van der Waals surface area contributed by atoms with Crippen molar-refractivity contribution < 1.29 is 28.3 Å². The number of amides is 1. The maximum absolute atomic E-state index is 13.1. The summed E-state index contributed by atoms with van der Waals surface area (Å²) in [7, 11) is 0. The van der Waals surface area contributed by atoms with Gasteiger partial charge in [-0.15, -0.1) is 5.10 Å². The molecule has 0 unspecified atom stereocenters. The Morgan fingerprint density at radius 2 is 1.86 bits per heavy atom. The molecular formula is C24H25N5O6. The van der Waals surface area contributed by atoms with Gasteiger partial charge in [0.15, 0.2) is 18.1 Å². The van der Waals surface area contributed by atoms with Crippen molar-refractivity contribution in [3.63, 3.8) is 0 Å². The van der Waals surface area contributed by atoms with Gasteiger partial charge in [0.05, 0.1) is 18.8 Å². The van der Waals surface area contributed by atoms with Crippen LogP contribution in [0.3, 0.4) is 0 Å². The zero-order valence-electron chi connectivity index (χ0n) is 19.2. The van der Waals surface area contributed by atoms with Crippen LogP contribution in [-0.2, 0) is 23.9 Å². The van der Waals surface area contributed by atoms with E-state index in [9.17, 15) is 14.4 Å². The summed E-state index contributed by atoms with van der Waals surface area (Å²) < 4.78 is 17.0. The minimum absolute atomic E-state index is 0.0161. The van der Waals surface area contributed by atoms with Crippen LogP contribution in [0.4, 0.5) is 0 Å². The van der Waals surface area contributed by atoms with Crippen LogP contribution in [0.2, 0.25) is 0 Å². The lowest BCUT2D eigenvalue weighted by Gasteiger charge is -2.30. The topological polar surface area (TPSA) is 130 Å². The highest BCUT2D eigenvalue weighted by Gasteiger charge is 2.29. The molecule has 0 N–H and O–H groups in total. The summed E-state index contributed by atoms with van der Waals surface area (Å²) in [6, 6.07) is 12.5. The number of furan rings is 1. The third-order valence-corrected chi connectivity index (χ3v) is 5.56. The molecular weight excluding hydrogens is 454 g/mol. The largest absolute Gasteiger partial charge is 0.466 e. The van der Waals surface area contributed by atoms with Crippen LogP contribution < -0.4 is 0 Å². The first kappa shape index (κ1) is 23.9. The van der Waals surface area contributed by atoms with E-state index in [0.717, 1.165) is 0 Å². The number of aromatic nitrogens is 4. The molecule has 11 heteroatoms. The summed E-state index contributed by atoms with van der Waals surface area (Å²) in [5.41, 5.74) is 0.675. The zero-order valence-corrected chi connectivity index (χ0v) is 19.2. The van der Waals surface area contributed by atoms with E-state index in [1.807, 2.05) is 30.3 Å². The Morgan fingerprint density at radius 1 is 1.09 bits per heavy atom. The van der Waals surface area contributed by atoms with Crippen molar-refractivity contribution in [3.05, 3.63) is 54.5 Å². The molecule has 11 nitrogen and oxygen atoms in total. The average Bonchev–Trinajstić information content (AvgIpc) is 3.59. The van der Waals surface area contributed by atoms with Crippen LogP contribution in [0.1, 0.15) is 25.5 Å². The number of tetrazole rings is 1. The molecule has 0 aliphatic carbocycles. The van der Waals surface area contributed by atoms with Gasteiger partial charge in [0.2, 0.25) is 0 Å². The van der Waals surface area contributed by atoms with Crippen LogP contribution in [0.5, 0.6) is 0 Å². The lowest BCUT2D eigenvalue weighted by Crippen LogP contribution is -2.42. The number of esters is 2. The predicted octanol–water partition coefficient (Wildman–Crippen LogP) is 2.28. The first-order chi connectivity index (χ1) is 17.1. The van der Waals surface area contributed by atoms with Crippen LogP contribution >= 0.6 is 0 Å². The summed E-state index contributed by atoms with van der Waals surface area (Å²) in [6.45, 7) is 2.41. The van der Waals surface area contributed by atoms with Gasteiger partial charge in [-0.25, -0.2) is 4.79 Å². The smallest absolute Gasteiger partial charge is 0.357 e. The van der Waals surface area contributed by atoms with Crippen molar-refractivity contribution >= 4 is 29.6 Å². The Kier molecular flexibility index (Phi) is 7.66. The van der Waals surface area contributed by atoms with E-state index >= 15 is 0 Å². The highest BCUT2D eigenvalue weighted by atomic mass is 16.5. The molecule has 0 radical (unpaired) electrons. The molecule has 0 atom stereocenters. The SMILES string of the molecule is CCOC(=O)C1CCN(C(=O)COC(=O)/C(=C/c2ccco2)n2nnnc2-c2ccccc2)CC1. The normalized spacial score (nSPS) is 14.5. The Bertz CT molecular complexity index is 1180. The van der Waals surface area contributed by atoms with Gasteiger partial charge < -0.3 is 18.8 Å². The van der Waals surface area contributed by atoms with Crippen molar-refractivity contribution in [2.24, 2.45) is 5.92 Å². The fourth-order valence-corrected chi connectivity index (χ4v) is 3.75. The number of benzene rings is 1. The van der Waals surface area contributed by atoms with Crippen molar-refractivity contribution in [1.82, 2.24) is 25.1 Å². The van der Waals surface area contributed by atoms with Crippen LogP contribution in [-0.4, -0.2) is 69.3 Å². The molecule has 0 spiro atoms. The van der Waals surface area contributed by atoms with Crippen LogP contribution in [0, 0.1) is 5.92 Å². The van der Waals surface area contributed by atoms with Gasteiger partial charge >= 0.3 is 11.9 Å². The molecule has 35 heavy (non-hydrogen) atoms. The molecule has 1 amide bonds. The molecule has 1 saturated heterocycles. The monoisotopic (exact) mass is 479 g/mol. The van der Waals surface area contributed by atoms with Crippen LogP contribution in [0.15, 0.2) is 53.1 Å². The Balaban J connectivity index is 1.45. The fourth-order valence-electron chi connectivity index (χ4n) is 3.75. The average molecular weight is 479 g/mol. The summed E-state index contributed by atoms with van der Waals surface area (Å²) in [5, 5.41) is 11.7. The number of nitrogens with zero attached hydrogens (tertiary/aromatic N) is 5. The fraction of sp³-hybridized carbons (Fsp3) is 0.333. The van der Waals surface area contributed by atoms with E-state index in [-0.39, 0.29) is 23.5 Å². The Morgan fingerprint density at radius 3 is 2.54 bits per heavy atom. The summed E-state index contributed by atoms with van der Waals surface area (Å²) in [6.07, 6.45) is 3.93. The van der Waals surface area contributed by atoms with Crippen molar-refractivity contribution in [2.75, 3.05) is 26.3 Å². The molecule has 0 saturated carbocycles. The summed E-state index contributed by atoms with van der Waals surface area (Å²) in [4.78, 5) is 39.2. The van der Waals surface area contributed by atoms with Gasteiger partial charge in [0.25, 0.3) is 5.91 Å². The number of hydrogen-bond donors (Lipinski definition) is 0. The minimum atomic E-state index is -0.791. The number of piperidine rings is 1. The molecule has 1 fully saturated rings. The standard InChI is InChI=1S/C24H25N5O6/c1-2-33-23(31)18-10-12-28(13-11-18)21(30)16-35-24(32)20(15-19-9-6-14-34-19)29-22(25-26-27-29)17-7-4-3-5-8-17/h3-9,14-15,18H,2,10-13,16H2,1H3/b20-15-. The second-order valence-electron chi connectivity index (χ2n) is 7.81. The molecule has 1 aliphatic heterocycles. The Labute approximate surface area is 201 Å². The van der Waals surface area contributed by atoms with Gasteiger partial charge in [-0.3, -0.25) is 9.59 Å². The first-order valence-electron chi connectivity index (χ1n) is 11.3. The number of carbonyl (C=O) groups excluding carboxylic acids is 3. The molecule has 1 aromatic carbocycles. The molecule has 3 heterocycles. The summed E-state index contributed by atoms with van der Waals surface area (Å²) >= 11 is 0. The van der Waals surface area contributed by atoms with Crippen molar-refractivity contribution in [2.45, 2.75) is 19.8 Å². The predicted molar refractivity (Wildman–Crippen MR) is 123 cm³/mol. The van der Waals surface area contributed by atoms with Gasteiger partial charge in [-0.2, -0.15) is 4.68 Å². The van der Waals surface area contributed by atoms with Gasteiger partial charge in [-0.05, 0) is 42.3 Å². The third kappa shape index (κ3) is 5.81. The lowest BCUT2D eigenvalue weighted by molar-refractivity contribution is -0.153. The first-order valence-corrected chi connectivity index (χ1v) is 11.3. The number of likely N-dealkylation sites (tertiary alicyclic amines) is 1. The number of hydrogen-bond acceptors (Lipinski definition) is 9. The van der Waals surface area contributed by atoms with E-state index < -0.39 is 12.6 Å². The molecule has 3 aromatic rings. The highest BCUT2D eigenvalue weighted by Crippen LogP contribution is 2.22. The summed E-state index contributed by atoms with van der Waals surface area (Å²) in [5.74, 6) is -0.889. The van der Waals surface area contributed by atoms with E-state index in [1.54, 1.807) is 24.0 Å². The van der Waals surface area contributed by atoms with E-state index in [0.29, 0.717) is 49.7 Å². The van der Waals surface area contributed by atoms with E-state index in [1.165, 1.54) is 17.0 Å². The van der Waals surface area contributed by atoms with E-state index in [2.05, 4.69) is 15.5 Å². The maximum atomic E-state index is 13.1. The zero-order chi connectivity index (χ0) is 24.6. The molecule has 1 aliphatic rings. The molecule has 0 bridgehead atoms. The number of carbonyl (C=O) groups is 3. The van der Waals surface area contributed by atoms with Crippen LogP contribution in [0.25, 0.3) is 23.2 Å². The van der Waals surface area contributed by atoms with Gasteiger partial charge in [0, 0.05) is 24.7 Å². The highest BCUT2D eigenvalue weighted by molar-refractivity contribution is 6.15. The molecule has 182 valence electrons. The van der Waals surface area contributed by atoms with Crippen molar-refractivity contribution in [3.8, 4) is 11.4 Å². The lowest BCUT2D eigenvalue weighted by atomic mass is 9.97.